The van der Waals surface area contributed by atoms with E-state index in [1.807, 2.05) is 6.07 Å². The van der Waals surface area contributed by atoms with Crippen LogP contribution in [0.15, 0.2) is 108 Å². The quantitative estimate of drug-likeness (QED) is 0.270. The second-order valence-electron chi connectivity index (χ2n) is 9.12. The van der Waals surface area contributed by atoms with Gasteiger partial charge in [0.2, 0.25) is 0 Å². The Morgan fingerprint density at radius 2 is 1.54 bits per heavy atom. The number of benzene rings is 4. The number of fused-ring (bicyclic) bond motifs is 2. The molecule has 5 nitrogen and oxygen atoms in total. The number of rotatable bonds is 4. The lowest BCUT2D eigenvalue weighted by Gasteiger charge is -2.39. The molecule has 0 saturated carbocycles. The highest BCUT2D eigenvalue weighted by Gasteiger charge is 2.46. The van der Waals surface area contributed by atoms with Crippen LogP contribution in [0, 0.1) is 5.82 Å². The topological polar surface area (TPSA) is 66.5 Å². The monoisotopic (exact) mass is 554 g/mol. The van der Waals surface area contributed by atoms with Crippen LogP contribution in [0.4, 0.5) is 15.1 Å². The minimum atomic E-state index is -1.26. The van der Waals surface area contributed by atoms with Gasteiger partial charge >= 0.3 is 0 Å². The highest BCUT2D eigenvalue weighted by Crippen LogP contribution is 2.46. The van der Waals surface area contributed by atoms with Gasteiger partial charge in [0.1, 0.15) is 16.9 Å². The van der Waals surface area contributed by atoms with E-state index in [2.05, 4.69) is 5.32 Å². The molecule has 4 aromatic carbocycles. The van der Waals surface area contributed by atoms with Gasteiger partial charge in [-0.25, -0.2) is 4.39 Å². The first-order chi connectivity index (χ1) is 18.9. The third-order valence-corrected chi connectivity index (χ3v) is 8.17. The Morgan fingerprint density at radius 3 is 2.26 bits per heavy atom. The van der Waals surface area contributed by atoms with Crippen molar-refractivity contribution in [1.29, 1.82) is 0 Å². The fourth-order valence-corrected chi connectivity index (χ4v) is 6.52. The Kier molecular flexibility index (Phi) is 6.46. The fourth-order valence-electron chi connectivity index (χ4n) is 5.00. The molecule has 1 aliphatic heterocycles. The van der Waals surface area contributed by atoms with Crippen molar-refractivity contribution in [2.45, 2.75) is 12.0 Å². The Labute approximate surface area is 232 Å². The van der Waals surface area contributed by atoms with E-state index in [0.29, 0.717) is 31.4 Å². The molecule has 1 aliphatic rings. The molecular formula is C31H20ClFN2O3S. The highest BCUT2D eigenvalue weighted by molar-refractivity contribution is 7.22. The van der Waals surface area contributed by atoms with Crippen LogP contribution >= 0.6 is 22.9 Å². The predicted molar refractivity (Wildman–Crippen MR) is 153 cm³/mol. The van der Waals surface area contributed by atoms with E-state index in [0.717, 1.165) is 0 Å². The van der Waals surface area contributed by atoms with Crippen molar-refractivity contribution in [3.8, 4) is 0 Å². The lowest BCUT2D eigenvalue weighted by atomic mass is 9.81. The van der Waals surface area contributed by atoms with Gasteiger partial charge in [0, 0.05) is 37.8 Å². The van der Waals surface area contributed by atoms with Crippen molar-refractivity contribution in [3.05, 3.63) is 141 Å². The fraction of sp³-hybridized carbons (Fsp3) is 0.0645. The van der Waals surface area contributed by atoms with Crippen molar-refractivity contribution < 1.29 is 14.0 Å². The number of halogens is 2. The van der Waals surface area contributed by atoms with Crippen molar-refractivity contribution in [1.82, 2.24) is 5.32 Å². The molecule has 192 valence electrons. The zero-order valence-electron chi connectivity index (χ0n) is 20.3. The molecule has 1 aromatic heterocycles. The average Bonchev–Trinajstić information content (AvgIpc) is 2.95. The molecule has 8 heteroatoms. The van der Waals surface area contributed by atoms with Crippen LogP contribution in [-0.2, 0) is 4.79 Å². The number of carbonyl (C=O) groups excluding carboxylic acids is 2. The summed E-state index contributed by atoms with van der Waals surface area (Å²) in [4.78, 5) is 43.3. The van der Waals surface area contributed by atoms with Gasteiger partial charge in [-0.2, -0.15) is 0 Å². The van der Waals surface area contributed by atoms with Crippen LogP contribution in [-0.4, -0.2) is 17.9 Å². The number of nitrogens with zero attached hydrogens (tertiary/aromatic N) is 1. The van der Waals surface area contributed by atoms with E-state index in [1.165, 1.54) is 22.3 Å². The van der Waals surface area contributed by atoms with E-state index < -0.39 is 29.6 Å². The van der Waals surface area contributed by atoms with Gasteiger partial charge in [-0.15, -0.1) is 11.3 Å². The number of hydrogen-bond acceptors (Lipinski definition) is 4. The third kappa shape index (κ3) is 4.39. The van der Waals surface area contributed by atoms with Crippen molar-refractivity contribution >= 4 is 55.5 Å². The number of nitrogens with one attached hydrogen (secondary N) is 1. The zero-order valence-corrected chi connectivity index (χ0v) is 21.9. The first kappa shape index (κ1) is 25.0. The lowest BCUT2D eigenvalue weighted by molar-refractivity contribution is -0.120. The van der Waals surface area contributed by atoms with E-state index in [1.54, 1.807) is 91.0 Å². The SMILES string of the molecule is O=C(N[C@H]1C(=O)N(c2ccccc2)c2sc3cc(Cl)ccc3c(=O)c2[C@H]1c1ccccc1F)c1ccccc1. The largest absolute Gasteiger partial charge is 0.339 e. The molecule has 0 fully saturated rings. The van der Waals surface area contributed by atoms with Gasteiger partial charge in [-0.3, -0.25) is 19.3 Å². The Morgan fingerprint density at radius 1 is 0.872 bits per heavy atom. The van der Waals surface area contributed by atoms with Crippen LogP contribution in [0.25, 0.3) is 10.1 Å². The Hall–Kier alpha value is -4.33. The van der Waals surface area contributed by atoms with Crippen molar-refractivity contribution in [2.75, 3.05) is 4.90 Å². The number of hydrogen-bond donors (Lipinski definition) is 1. The zero-order chi connectivity index (χ0) is 27.1. The Balaban J connectivity index is 1.65. The minimum Gasteiger partial charge on any atom is -0.339 e. The van der Waals surface area contributed by atoms with Gasteiger partial charge < -0.3 is 5.32 Å². The third-order valence-electron chi connectivity index (χ3n) is 6.78. The number of amides is 2. The summed E-state index contributed by atoms with van der Waals surface area (Å²) in [5, 5.41) is 4.05. The maximum absolute atomic E-state index is 15.4. The van der Waals surface area contributed by atoms with E-state index >= 15 is 4.39 Å². The maximum Gasteiger partial charge on any atom is 0.255 e. The molecule has 5 aromatic rings. The molecule has 2 heterocycles. The molecule has 1 N–H and O–H groups in total. The second-order valence-corrected chi connectivity index (χ2v) is 10.6. The van der Waals surface area contributed by atoms with Crippen LogP contribution < -0.4 is 15.6 Å². The predicted octanol–water partition coefficient (Wildman–Crippen LogP) is 6.66. The Bertz CT molecular complexity index is 1790. The van der Waals surface area contributed by atoms with Crippen molar-refractivity contribution in [2.24, 2.45) is 0 Å². The maximum atomic E-state index is 15.4. The molecular weight excluding hydrogens is 535 g/mol. The molecule has 0 radical (unpaired) electrons. The van der Waals surface area contributed by atoms with E-state index in [4.69, 9.17) is 11.6 Å². The highest BCUT2D eigenvalue weighted by atomic mass is 35.5. The first-order valence-corrected chi connectivity index (χ1v) is 13.4. The van der Waals surface area contributed by atoms with Gasteiger partial charge in [0.05, 0.1) is 0 Å². The lowest BCUT2D eigenvalue weighted by Crippen LogP contribution is -2.55. The van der Waals surface area contributed by atoms with Crippen LogP contribution in [0.5, 0.6) is 0 Å². The second kappa shape index (κ2) is 10.1. The molecule has 2 atom stereocenters. The first-order valence-electron chi connectivity index (χ1n) is 12.2. The molecule has 6 rings (SSSR count). The summed E-state index contributed by atoms with van der Waals surface area (Å²) < 4.78 is 16.0. The summed E-state index contributed by atoms with van der Waals surface area (Å²) in [5.41, 5.74) is 0.897. The molecule has 39 heavy (non-hydrogen) atoms. The van der Waals surface area contributed by atoms with E-state index in [9.17, 15) is 14.4 Å². The summed E-state index contributed by atoms with van der Waals surface area (Å²) in [6.45, 7) is 0. The van der Waals surface area contributed by atoms with Crippen LogP contribution in [0.1, 0.15) is 27.4 Å². The smallest absolute Gasteiger partial charge is 0.255 e. The molecule has 2 amide bonds. The molecule has 0 bridgehead atoms. The average molecular weight is 555 g/mol. The molecule has 0 spiro atoms. The number of para-hydroxylation sites is 1. The van der Waals surface area contributed by atoms with Gasteiger partial charge in [0.15, 0.2) is 5.43 Å². The molecule has 0 unspecified atom stereocenters. The standard InChI is InChI=1S/C31H20ClFN2O3S/c32-19-15-16-22-24(17-19)39-31-26(28(22)36)25(21-13-7-8-14-23(21)33)27(34-29(37)18-9-3-1-4-10-18)30(38)35(31)20-11-5-2-6-12-20/h1-17,25,27H,(H,34,37)/t25-,27-/m1/s1. The number of anilines is 2. The van der Waals surface area contributed by atoms with Crippen molar-refractivity contribution in [3.63, 3.8) is 0 Å². The van der Waals surface area contributed by atoms with Gasteiger partial charge in [0.25, 0.3) is 11.8 Å². The number of carbonyl (C=O) groups is 2. The summed E-state index contributed by atoms with van der Waals surface area (Å²) in [6, 6.07) is 27.1. The summed E-state index contributed by atoms with van der Waals surface area (Å²) in [6.07, 6.45) is 0. The summed E-state index contributed by atoms with van der Waals surface area (Å²) in [5.74, 6) is -2.63. The minimum absolute atomic E-state index is 0.149. The molecule has 0 saturated heterocycles. The van der Waals surface area contributed by atoms with Crippen LogP contribution in [0.2, 0.25) is 5.02 Å². The normalized spacial score (nSPS) is 16.7. The summed E-state index contributed by atoms with van der Waals surface area (Å²) in [7, 11) is 0. The summed E-state index contributed by atoms with van der Waals surface area (Å²) >= 11 is 7.48. The molecule has 0 aliphatic carbocycles. The van der Waals surface area contributed by atoms with Gasteiger partial charge in [-0.1, -0.05) is 66.2 Å². The van der Waals surface area contributed by atoms with Crippen LogP contribution in [0.3, 0.4) is 0 Å². The van der Waals surface area contributed by atoms with Gasteiger partial charge in [-0.05, 0) is 54.1 Å². The van der Waals surface area contributed by atoms with E-state index in [-0.39, 0.29) is 16.6 Å².